The smallest absolute Gasteiger partial charge is 0.315 e. The summed E-state index contributed by atoms with van der Waals surface area (Å²) in [6.07, 6.45) is 0.741. The molecule has 125 valence electrons. The molecule has 0 aromatic carbocycles. The van der Waals surface area contributed by atoms with Crippen LogP contribution in [0.5, 0.6) is 0 Å². The van der Waals surface area contributed by atoms with E-state index in [0.717, 1.165) is 12.5 Å². The van der Waals surface area contributed by atoms with Gasteiger partial charge in [0.1, 0.15) is 0 Å². The first-order chi connectivity index (χ1) is 8.68. The fourth-order valence-electron chi connectivity index (χ4n) is 2.45. The second kappa shape index (κ2) is 9.33. The summed E-state index contributed by atoms with van der Waals surface area (Å²) in [5.74, 6) is 0. The van der Waals surface area contributed by atoms with Crippen LogP contribution in [0.4, 0.5) is 0 Å². The molecule has 0 bridgehead atoms. The van der Waals surface area contributed by atoms with E-state index < -0.39 is 33.8 Å². The van der Waals surface area contributed by atoms with Crippen LogP contribution in [0.15, 0.2) is 0 Å². The number of rotatable bonds is 9. The van der Waals surface area contributed by atoms with Gasteiger partial charge in [-0.3, -0.25) is 0 Å². The monoisotopic (exact) mass is 585 g/mol. The summed E-state index contributed by atoms with van der Waals surface area (Å²) in [6, 6.07) is 0.833. The zero-order valence-electron chi connectivity index (χ0n) is 15.4. The summed E-state index contributed by atoms with van der Waals surface area (Å²) >= 11 is 0. The predicted molar refractivity (Wildman–Crippen MR) is 95.6 cm³/mol. The molecule has 1 atom stereocenters. The second-order valence-corrected chi connectivity index (χ2v) is 24.4. The maximum Gasteiger partial charge on any atom is 0.315 e. The molecule has 0 aromatic rings. The maximum atomic E-state index is 9.12. The molecule has 0 aliphatic rings. The molecule has 21 heavy (non-hydrogen) atoms. The molecule has 0 aromatic heterocycles. The van der Waals surface area contributed by atoms with Gasteiger partial charge in [-0.15, -0.1) is 0 Å². The van der Waals surface area contributed by atoms with Crippen molar-refractivity contribution in [1.29, 1.82) is 0 Å². The van der Waals surface area contributed by atoms with Gasteiger partial charge in [-0.05, 0) is 71.4 Å². The second-order valence-electron chi connectivity index (χ2n) is 7.89. The number of hydrogen-bond donors (Lipinski definition) is 1. The molecule has 0 saturated heterocycles. The summed E-state index contributed by atoms with van der Waals surface area (Å²) < 4.78 is 19.1. The van der Waals surface area contributed by atoms with Crippen molar-refractivity contribution in [3.05, 3.63) is 0 Å². The third-order valence-electron chi connectivity index (χ3n) is 2.32. The van der Waals surface area contributed by atoms with E-state index in [2.05, 4.69) is 58.9 Å². The Kier molecular flexibility index (Phi) is 11.1. The topological polar surface area (TPSA) is 47.9 Å². The summed E-state index contributed by atoms with van der Waals surface area (Å²) in [6.45, 7) is 19.7. The molecule has 1 unspecified atom stereocenters. The summed E-state index contributed by atoms with van der Waals surface area (Å²) in [5, 5.41) is 9.12. The van der Waals surface area contributed by atoms with Crippen LogP contribution in [0.2, 0.25) is 65.0 Å². The zero-order valence-corrected chi connectivity index (χ0v) is 24.2. The molecule has 0 fully saturated rings. The van der Waals surface area contributed by atoms with Crippen LogP contribution < -0.4 is 0 Å². The fourth-order valence-corrected chi connectivity index (χ4v) is 20.4. The molecule has 0 spiro atoms. The molecule has 1 N–H and O–H groups in total. The van der Waals surface area contributed by atoms with Gasteiger partial charge in [0.15, 0.2) is 16.6 Å². The number of aliphatic hydroxyl groups excluding tert-OH is 1. The molecule has 9 heteroatoms. The molecule has 0 rings (SSSR count). The third-order valence-corrected chi connectivity index (χ3v) is 15.9. The van der Waals surface area contributed by atoms with Crippen LogP contribution in [-0.4, -0.2) is 45.5 Å². The van der Waals surface area contributed by atoms with Crippen molar-refractivity contribution in [3.63, 3.8) is 0 Å². The van der Waals surface area contributed by atoms with E-state index in [1.165, 1.54) is 0 Å². The van der Waals surface area contributed by atoms with Gasteiger partial charge < -0.3 is 17.5 Å². The number of hydrogen-bond acceptors (Lipinski definition) is 4. The van der Waals surface area contributed by atoms with Gasteiger partial charge in [0.2, 0.25) is 0 Å². The van der Waals surface area contributed by atoms with Crippen molar-refractivity contribution in [2.24, 2.45) is 0 Å². The predicted octanol–water partition coefficient (Wildman–Crippen LogP) is 3.86. The SMILES string of the molecule is C[Si](C)(C)O[Si](C)(C)O[Si](C)(CCCO)O[Si](C)(C)C.[Pa]. The summed E-state index contributed by atoms with van der Waals surface area (Å²) in [5.41, 5.74) is 0. The van der Waals surface area contributed by atoms with Gasteiger partial charge in [-0.25, -0.2) is 0 Å². The van der Waals surface area contributed by atoms with Gasteiger partial charge in [0, 0.05) is 38.9 Å². The molecule has 4 nitrogen and oxygen atoms in total. The molecule has 0 saturated carbocycles. The van der Waals surface area contributed by atoms with Crippen LogP contribution in [0.25, 0.3) is 0 Å². The molecule has 1 radical (unpaired) electrons. The largest absolute Gasteiger partial charge is 0.437 e. The van der Waals surface area contributed by atoms with Gasteiger partial charge >= 0.3 is 17.1 Å². The Morgan fingerprint density at radius 2 is 1.14 bits per heavy atom. The molecule has 0 aliphatic heterocycles. The van der Waals surface area contributed by atoms with Crippen molar-refractivity contribution in [2.45, 2.75) is 71.4 Å². The van der Waals surface area contributed by atoms with Crippen molar-refractivity contribution in [1.82, 2.24) is 0 Å². The molecular weight excluding hydrogens is 552 g/mol. The van der Waals surface area contributed by atoms with Crippen molar-refractivity contribution in [3.8, 4) is 0 Å². The van der Waals surface area contributed by atoms with E-state index >= 15 is 0 Å². The first-order valence-electron chi connectivity index (χ1n) is 7.39. The van der Waals surface area contributed by atoms with Gasteiger partial charge in [0.05, 0.1) is 0 Å². The quantitative estimate of drug-likeness (QED) is 0.418. The van der Waals surface area contributed by atoms with Crippen molar-refractivity contribution < 1.29 is 49.8 Å². The van der Waals surface area contributed by atoms with Crippen LogP contribution in [-0.2, 0) is 12.3 Å². The van der Waals surface area contributed by atoms with Crippen molar-refractivity contribution >= 4 is 33.8 Å². The van der Waals surface area contributed by atoms with Crippen LogP contribution >= 0.6 is 0 Å². The zero-order chi connectivity index (χ0) is 16.2. The Morgan fingerprint density at radius 1 is 0.714 bits per heavy atom. The minimum atomic E-state index is -2.28. The van der Waals surface area contributed by atoms with Gasteiger partial charge in [0.25, 0.3) is 0 Å². The van der Waals surface area contributed by atoms with Gasteiger partial charge in [-0.1, -0.05) is 0 Å². The minimum absolute atomic E-state index is 0. The third kappa shape index (κ3) is 13.9. The van der Waals surface area contributed by atoms with E-state index in [4.69, 9.17) is 17.5 Å². The van der Waals surface area contributed by atoms with E-state index in [0.29, 0.717) is 0 Å². The Hall–Kier alpha value is 1.80. The van der Waals surface area contributed by atoms with Crippen molar-refractivity contribution in [2.75, 3.05) is 6.61 Å². The average Bonchev–Trinajstić information content (AvgIpc) is 2.05. The standard InChI is InChI=1S/C12H34O4Si4.Pa/c1-17(2,3)14-19(7,8)16-20(9,12-10-11-13)15-18(4,5)6;/h13H,10-12H2,1-9H3;. The minimum Gasteiger partial charge on any atom is -0.437 e. The van der Waals surface area contributed by atoms with E-state index in [1.807, 2.05) is 0 Å². The fraction of sp³-hybridized carbons (Fsp3) is 1.00. The van der Waals surface area contributed by atoms with Gasteiger partial charge in [-0.2, -0.15) is 0 Å². The first kappa shape index (κ1) is 25.0. The molecule has 0 amide bonds. The maximum absolute atomic E-state index is 9.12. The summed E-state index contributed by atoms with van der Waals surface area (Å²) in [4.78, 5) is 0. The van der Waals surface area contributed by atoms with Crippen LogP contribution in [0, 0.1) is 32.3 Å². The Morgan fingerprint density at radius 3 is 1.48 bits per heavy atom. The summed E-state index contributed by atoms with van der Waals surface area (Å²) in [7, 11) is -7.75. The molecule has 0 aliphatic carbocycles. The Labute approximate surface area is 160 Å². The molecule has 0 heterocycles. The normalized spacial score (nSPS) is 16.3. The van der Waals surface area contributed by atoms with E-state index in [-0.39, 0.29) is 38.9 Å². The van der Waals surface area contributed by atoms with E-state index in [1.54, 1.807) is 0 Å². The van der Waals surface area contributed by atoms with E-state index in [9.17, 15) is 0 Å². The number of aliphatic hydroxyl groups is 1. The Balaban J connectivity index is 0. The Bertz CT molecular complexity index is 305. The van der Waals surface area contributed by atoms with Crippen LogP contribution in [0.3, 0.4) is 0 Å². The molecular formula is C12H34O4PaSi4. The first-order valence-corrected chi connectivity index (χ1v) is 19.6. The average molecular weight is 586 g/mol. The van der Waals surface area contributed by atoms with Crippen LogP contribution in [0.1, 0.15) is 6.42 Å².